The molecule has 0 aliphatic heterocycles. The van der Waals surface area contributed by atoms with Crippen LogP contribution in [0.15, 0.2) is 17.1 Å². The third kappa shape index (κ3) is 8.35. The minimum Gasteiger partial charge on any atom is -0.356 e. The summed E-state index contributed by atoms with van der Waals surface area (Å²) in [6.45, 7) is 12.2. The summed E-state index contributed by atoms with van der Waals surface area (Å²) in [6, 6.07) is 0. The SMILES string of the molecule is C=C(C)CNC(=NCC(=O)N(C)C)NCC1(CC(C)C)CCC1.I. The quantitative estimate of drug-likeness (QED) is 0.259. The van der Waals surface area contributed by atoms with Crippen molar-refractivity contribution in [2.75, 3.05) is 33.7 Å². The summed E-state index contributed by atoms with van der Waals surface area (Å²) in [5.74, 6) is 1.41. The van der Waals surface area contributed by atoms with Crippen LogP contribution < -0.4 is 10.6 Å². The Bertz CT molecular complexity index is 442. The van der Waals surface area contributed by atoms with Gasteiger partial charge < -0.3 is 15.5 Å². The van der Waals surface area contributed by atoms with E-state index in [1.54, 1.807) is 19.0 Å². The molecule has 6 heteroatoms. The number of nitrogens with zero attached hydrogens (tertiary/aromatic N) is 2. The first kappa shape index (κ1) is 23.2. The second kappa shape index (κ2) is 10.9. The summed E-state index contributed by atoms with van der Waals surface area (Å²) < 4.78 is 0. The van der Waals surface area contributed by atoms with E-state index >= 15 is 0 Å². The Morgan fingerprint density at radius 1 is 1.29 bits per heavy atom. The van der Waals surface area contributed by atoms with Gasteiger partial charge in [0.15, 0.2) is 5.96 Å². The first-order valence-electron chi connectivity index (χ1n) is 8.61. The van der Waals surface area contributed by atoms with Gasteiger partial charge in [0.25, 0.3) is 0 Å². The topological polar surface area (TPSA) is 56.7 Å². The van der Waals surface area contributed by atoms with Gasteiger partial charge in [0, 0.05) is 27.2 Å². The van der Waals surface area contributed by atoms with E-state index in [0.29, 0.717) is 23.8 Å². The number of carbonyl (C=O) groups is 1. The zero-order chi connectivity index (χ0) is 17.5. The highest BCUT2D eigenvalue weighted by molar-refractivity contribution is 14.0. The van der Waals surface area contributed by atoms with Crippen molar-refractivity contribution in [3.8, 4) is 0 Å². The summed E-state index contributed by atoms with van der Waals surface area (Å²) in [4.78, 5) is 17.7. The predicted molar refractivity (Wildman–Crippen MR) is 113 cm³/mol. The normalized spacial score (nSPS) is 16.0. The van der Waals surface area contributed by atoms with Crippen molar-refractivity contribution in [3.05, 3.63) is 12.2 Å². The maximum atomic E-state index is 11.7. The standard InChI is InChI=1S/C18H34N4O.HI/c1-14(2)10-18(8-7-9-18)13-21-17(19-11-15(3)4)20-12-16(23)22(5)6;/h14H,3,7-13H2,1-2,4-6H3,(H2,19,20,21);1H. The summed E-state index contributed by atoms with van der Waals surface area (Å²) in [6.07, 6.45) is 5.12. The second-order valence-electron chi connectivity index (χ2n) is 7.57. The van der Waals surface area contributed by atoms with Crippen molar-refractivity contribution in [2.45, 2.75) is 46.5 Å². The Kier molecular flexibility index (Phi) is 10.6. The van der Waals surface area contributed by atoms with E-state index in [1.807, 2.05) is 6.92 Å². The van der Waals surface area contributed by atoms with Crippen molar-refractivity contribution in [1.29, 1.82) is 0 Å². The fraction of sp³-hybridized carbons (Fsp3) is 0.778. The number of amides is 1. The molecular formula is C18H35IN4O. The number of hydrogen-bond donors (Lipinski definition) is 2. The number of hydrogen-bond acceptors (Lipinski definition) is 2. The van der Waals surface area contributed by atoms with E-state index in [-0.39, 0.29) is 36.4 Å². The number of nitrogens with one attached hydrogen (secondary N) is 2. The van der Waals surface area contributed by atoms with E-state index in [0.717, 1.165) is 12.1 Å². The smallest absolute Gasteiger partial charge is 0.243 e. The molecule has 1 aliphatic carbocycles. The maximum absolute atomic E-state index is 11.7. The molecule has 0 radical (unpaired) electrons. The fourth-order valence-electron chi connectivity index (χ4n) is 2.96. The van der Waals surface area contributed by atoms with Crippen LogP contribution in [0.3, 0.4) is 0 Å². The van der Waals surface area contributed by atoms with E-state index in [1.165, 1.54) is 25.7 Å². The Labute approximate surface area is 164 Å². The number of likely N-dealkylation sites (N-methyl/N-ethyl adjacent to an activating group) is 1. The van der Waals surface area contributed by atoms with Crippen LogP contribution in [0.1, 0.15) is 46.5 Å². The predicted octanol–water partition coefficient (Wildman–Crippen LogP) is 3.02. The minimum absolute atomic E-state index is 0. The van der Waals surface area contributed by atoms with Crippen LogP contribution >= 0.6 is 24.0 Å². The molecule has 1 saturated carbocycles. The highest BCUT2D eigenvalue weighted by Crippen LogP contribution is 2.45. The van der Waals surface area contributed by atoms with Gasteiger partial charge in [-0.1, -0.05) is 32.4 Å². The molecule has 0 heterocycles. The number of aliphatic imine (C=N–C) groups is 1. The van der Waals surface area contributed by atoms with Crippen LogP contribution in [0, 0.1) is 11.3 Å². The van der Waals surface area contributed by atoms with E-state index in [4.69, 9.17) is 0 Å². The van der Waals surface area contributed by atoms with Crippen LogP contribution in [-0.4, -0.2) is 50.5 Å². The molecule has 0 bridgehead atoms. The largest absolute Gasteiger partial charge is 0.356 e. The molecule has 0 aromatic heterocycles. The van der Waals surface area contributed by atoms with Crippen molar-refractivity contribution >= 4 is 35.8 Å². The lowest BCUT2D eigenvalue weighted by Crippen LogP contribution is -2.47. The Morgan fingerprint density at radius 2 is 1.92 bits per heavy atom. The highest BCUT2D eigenvalue weighted by Gasteiger charge is 2.37. The molecule has 5 nitrogen and oxygen atoms in total. The maximum Gasteiger partial charge on any atom is 0.243 e. The molecule has 0 unspecified atom stereocenters. The van der Waals surface area contributed by atoms with E-state index in [2.05, 4.69) is 36.1 Å². The fourth-order valence-corrected chi connectivity index (χ4v) is 2.96. The molecule has 2 N–H and O–H groups in total. The summed E-state index contributed by atoms with van der Waals surface area (Å²) in [5.41, 5.74) is 1.43. The van der Waals surface area contributed by atoms with E-state index < -0.39 is 0 Å². The molecule has 0 saturated heterocycles. The molecule has 0 aromatic rings. The van der Waals surface area contributed by atoms with Crippen molar-refractivity contribution < 1.29 is 4.79 Å². The first-order chi connectivity index (χ1) is 10.7. The van der Waals surface area contributed by atoms with Gasteiger partial charge in [0.05, 0.1) is 0 Å². The van der Waals surface area contributed by atoms with Gasteiger partial charge in [0.2, 0.25) is 5.91 Å². The zero-order valence-electron chi connectivity index (χ0n) is 15.9. The number of halogens is 1. The molecule has 0 atom stereocenters. The van der Waals surface area contributed by atoms with Crippen LogP contribution in [0.4, 0.5) is 0 Å². The van der Waals surface area contributed by atoms with Crippen LogP contribution in [0.5, 0.6) is 0 Å². The third-order valence-electron chi connectivity index (χ3n) is 4.32. The molecule has 1 amide bonds. The average Bonchev–Trinajstić information content (AvgIpc) is 2.41. The summed E-state index contributed by atoms with van der Waals surface area (Å²) in [5, 5.41) is 6.70. The monoisotopic (exact) mass is 450 g/mol. The number of guanidine groups is 1. The first-order valence-corrected chi connectivity index (χ1v) is 8.61. The summed E-state index contributed by atoms with van der Waals surface area (Å²) >= 11 is 0. The van der Waals surface area contributed by atoms with Gasteiger partial charge in [-0.25, -0.2) is 4.99 Å². The van der Waals surface area contributed by atoms with Crippen LogP contribution in [0.2, 0.25) is 0 Å². The van der Waals surface area contributed by atoms with Crippen LogP contribution in [0.25, 0.3) is 0 Å². The minimum atomic E-state index is 0. The van der Waals surface area contributed by atoms with Crippen molar-refractivity contribution in [3.63, 3.8) is 0 Å². The molecule has 140 valence electrons. The third-order valence-corrected chi connectivity index (χ3v) is 4.32. The average molecular weight is 450 g/mol. The number of carbonyl (C=O) groups excluding carboxylic acids is 1. The Morgan fingerprint density at radius 3 is 2.33 bits per heavy atom. The van der Waals surface area contributed by atoms with Gasteiger partial charge in [-0.2, -0.15) is 0 Å². The molecule has 24 heavy (non-hydrogen) atoms. The molecule has 0 aromatic carbocycles. The highest BCUT2D eigenvalue weighted by atomic mass is 127. The number of rotatable bonds is 8. The lowest BCUT2D eigenvalue weighted by atomic mass is 9.64. The molecule has 1 fully saturated rings. The van der Waals surface area contributed by atoms with Crippen LogP contribution in [-0.2, 0) is 4.79 Å². The lowest BCUT2D eigenvalue weighted by Gasteiger charge is -2.43. The molecule has 1 aliphatic rings. The zero-order valence-corrected chi connectivity index (χ0v) is 18.3. The van der Waals surface area contributed by atoms with Gasteiger partial charge in [0.1, 0.15) is 6.54 Å². The van der Waals surface area contributed by atoms with Gasteiger partial charge in [-0.15, -0.1) is 24.0 Å². The van der Waals surface area contributed by atoms with Crippen molar-refractivity contribution in [1.82, 2.24) is 15.5 Å². The van der Waals surface area contributed by atoms with Gasteiger partial charge >= 0.3 is 0 Å². The van der Waals surface area contributed by atoms with Gasteiger partial charge in [-0.05, 0) is 37.5 Å². The molecule has 1 rings (SSSR count). The Hall–Kier alpha value is -0.790. The molecular weight excluding hydrogens is 415 g/mol. The second-order valence-corrected chi connectivity index (χ2v) is 7.57. The van der Waals surface area contributed by atoms with E-state index in [9.17, 15) is 4.79 Å². The summed E-state index contributed by atoms with van der Waals surface area (Å²) in [7, 11) is 3.50. The molecule has 0 spiro atoms. The lowest BCUT2D eigenvalue weighted by molar-refractivity contribution is -0.127. The Balaban J connectivity index is 0.00000529. The van der Waals surface area contributed by atoms with Gasteiger partial charge in [-0.3, -0.25) is 4.79 Å². The van der Waals surface area contributed by atoms with Crippen molar-refractivity contribution in [2.24, 2.45) is 16.3 Å².